The third kappa shape index (κ3) is 4.29. The van der Waals surface area contributed by atoms with E-state index in [0.29, 0.717) is 11.8 Å². The molecule has 1 atom stereocenters. The van der Waals surface area contributed by atoms with E-state index in [9.17, 15) is 0 Å². The Morgan fingerprint density at radius 1 is 2.00 bits per heavy atom. The summed E-state index contributed by atoms with van der Waals surface area (Å²) < 4.78 is 0. The van der Waals surface area contributed by atoms with E-state index in [1.54, 1.807) is 0 Å². The standard InChI is InChI=1S/C4H8Cl/c1-4(2)3-5/h4H,1,3H2,2H3. The van der Waals surface area contributed by atoms with Crippen LogP contribution >= 0.6 is 11.6 Å². The molecule has 0 N–H and O–H groups in total. The highest BCUT2D eigenvalue weighted by Crippen LogP contribution is 1.90. The first-order valence-corrected chi connectivity index (χ1v) is 2.20. The summed E-state index contributed by atoms with van der Waals surface area (Å²) in [6, 6.07) is 0. The fourth-order valence-electron chi connectivity index (χ4n) is 0. The van der Waals surface area contributed by atoms with Crippen molar-refractivity contribution in [3.05, 3.63) is 6.92 Å². The molecule has 5 heavy (non-hydrogen) atoms. The first kappa shape index (κ1) is 5.29. The highest BCUT2D eigenvalue weighted by molar-refractivity contribution is 6.18. The van der Waals surface area contributed by atoms with Crippen molar-refractivity contribution in [2.75, 3.05) is 5.88 Å². The van der Waals surface area contributed by atoms with Crippen molar-refractivity contribution in [3.8, 4) is 0 Å². The lowest BCUT2D eigenvalue weighted by atomic mass is 10.3. The van der Waals surface area contributed by atoms with Crippen LogP contribution < -0.4 is 0 Å². The zero-order chi connectivity index (χ0) is 4.28. The van der Waals surface area contributed by atoms with Gasteiger partial charge in [0.05, 0.1) is 0 Å². The van der Waals surface area contributed by atoms with Crippen molar-refractivity contribution in [1.82, 2.24) is 0 Å². The molecule has 0 spiro atoms. The Balaban J connectivity index is 2.54. The minimum absolute atomic E-state index is 0.400. The maximum atomic E-state index is 5.27. The van der Waals surface area contributed by atoms with Gasteiger partial charge in [-0.2, -0.15) is 0 Å². The van der Waals surface area contributed by atoms with Crippen molar-refractivity contribution in [2.24, 2.45) is 5.92 Å². The molecule has 0 aromatic carbocycles. The Morgan fingerprint density at radius 2 is 2.20 bits per heavy atom. The summed E-state index contributed by atoms with van der Waals surface area (Å²) in [5, 5.41) is 0. The van der Waals surface area contributed by atoms with Crippen LogP contribution in [0.15, 0.2) is 0 Å². The Morgan fingerprint density at radius 3 is 2.20 bits per heavy atom. The Labute approximate surface area is 38.1 Å². The van der Waals surface area contributed by atoms with Gasteiger partial charge in [0.15, 0.2) is 0 Å². The van der Waals surface area contributed by atoms with Crippen LogP contribution in [-0.4, -0.2) is 5.88 Å². The largest absolute Gasteiger partial charge is 0.126 e. The molecule has 0 aliphatic rings. The number of rotatable bonds is 1. The molecule has 1 heteroatoms. The average Bonchev–Trinajstić information content (AvgIpc) is 1.38. The normalized spacial score (nSPS) is 9.60. The van der Waals surface area contributed by atoms with Gasteiger partial charge in [-0.05, 0) is 12.8 Å². The number of halogens is 1. The second-order valence-electron chi connectivity index (χ2n) is 1.26. The number of hydrogen-bond acceptors (Lipinski definition) is 0. The van der Waals surface area contributed by atoms with Crippen molar-refractivity contribution in [3.63, 3.8) is 0 Å². The lowest BCUT2D eigenvalue weighted by Gasteiger charge is -1.88. The molecule has 0 fully saturated rings. The van der Waals surface area contributed by atoms with Gasteiger partial charge in [-0.3, -0.25) is 0 Å². The zero-order valence-corrected chi connectivity index (χ0v) is 4.13. The second-order valence-corrected chi connectivity index (χ2v) is 1.57. The van der Waals surface area contributed by atoms with Crippen LogP contribution in [0.4, 0.5) is 0 Å². The maximum absolute atomic E-state index is 5.27. The van der Waals surface area contributed by atoms with E-state index in [1.165, 1.54) is 0 Å². The van der Waals surface area contributed by atoms with Crippen LogP contribution in [0.5, 0.6) is 0 Å². The molecule has 0 aliphatic heterocycles. The van der Waals surface area contributed by atoms with Crippen LogP contribution in [0.3, 0.4) is 0 Å². The Hall–Kier alpha value is 0.290. The zero-order valence-electron chi connectivity index (χ0n) is 3.37. The second kappa shape index (κ2) is 2.52. The summed E-state index contributed by atoms with van der Waals surface area (Å²) in [7, 11) is 0. The lowest BCUT2D eigenvalue weighted by Crippen LogP contribution is -1.83. The molecule has 0 aliphatic carbocycles. The molecular formula is C4H8Cl. The fourth-order valence-corrected chi connectivity index (χ4v) is 0. The highest BCUT2D eigenvalue weighted by Gasteiger charge is 1.82. The number of alkyl halides is 1. The van der Waals surface area contributed by atoms with Crippen molar-refractivity contribution in [1.29, 1.82) is 0 Å². The lowest BCUT2D eigenvalue weighted by molar-refractivity contribution is 0.837. The van der Waals surface area contributed by atoms with Crippen LogP contribution in [0.2, 0.25) is 0 Å². The number of hydrogen-bond donors (Lipinski definition) is 0. The van der Waals surface area contributed by atoms with Crippen molar-refractivity contribution >= 4 is 11.6 Å². The van der Waals surface area contributed by atoms with Gasteiger partial charge < -0.3 is 0 Å². The molecule has 0 saturated carbocycles. The van der Waals surface area contributed by atoms with Gasteiger partial charge in [-0.25, -0.2) is 0 Å². The van der Waals surface area contributed by atoms with E-state index in [2.05, 4.69) is 6.92 Å². The van der Waals surface area contributed by atoms with Crippen molar-refractivity contribution < 1.29 is 0 Å². The molecule has 0 rings (SSSR count). The van der Waals surface area contributed by atoms with Gasteiger partial charge in [-0.15, -0.1) is 11.6 Å². The van der Waals surface area contributed by atoms with Gasteiger partial charge in [0.1, 0.15) is 0 Å². The molecule has 0 nitrogen and oxygen atoms in total. The monoisotopic (exact) mass is 91.0 g/mol. The summed E-state index contributed by atoms with van der Waals surface area (Å²) in [6.07, 6.45) is 0. The highest BCUT2D eigenvalue weighted by atomic mass is 35.5. The summed E-state index contributed by atoms with van der Waals surface area (Å²) >= 11 is 5.27. The summed E-state index contributed by atoms with van der Waals surface area (Å²) in [5.41, 5.74) is 0. The topological polar surface area (TPSA) is 0 Å². The van der Waals surface area contributed by atoms with Crippen LogP contribution in [-0.2, 0) is 0 Å². The molecule has 1 unspecified atom stereocenters. The van der Waals surface area contributed by atoms with E-state index in [1.807, 2.05) is 6.92 Å². The maximum Gasteiger partial charge on any atom is 0.0249 e. The van der Waals surface area contributed by atoms with Gasteiger partial charge in [-0.1, -0.05) is 6.92 Å². The van der Waals surface area contributed by atoms with Gasteiger partial charge in [0.25, 0.3) is 0 Å². The minimum Gasteiger partial charge on any atom is -0.126 e. The minimum atomic E-state index is 0.400. The average molecular weight is 91.6 g/mol. The smallest absolute Gasteiger partial charge is 0.0249 e. The van der Waals surface area contributed by atoms with Crippen LogP contribution in [0.1, 0.15) is 6.92 Å². The molecule has 0 aromatic rings. The van der Waals surface area contributed by atoms with E-state index < -0.39 is 0 Å². The predicted molar refractivity (Wildman–Crippen MR) is 25.2 cm³/mol. The third-order valence-electron chi connectivity index (χ3n) is 0.263. The molecule has 0 aromatic heterocycles. The first-order chi connectivity index (χ1) is 2.27. The summed E-state index contributed by atoms with van der Waals surface area (Å²) in [6.45, 7) is 5.60. The van der Waals surface area contributed by atoms with Gasteiger partial charge in [0, 0.05) is 5.88 Å². The van der Waals surface area contributed by atoms with Crippen LogP contribution in [0, 0.1) is 12.8 Å². The quantitative estimate of drug-likeness (QED) is 0.431. The first-order valence-electron chi connectivity index (χ1n) is 1.66. The molecule has 31 valence electrons. The van der Waals surface area contributed by atoms with E-state index in [0.717, 1.165) is 0 Å². The third-order valence-corrected chi connectivity index (χ3v) is 0.790. The van der Waals surface area contributed by atoms with E-state index >= 15 is 0 Å². The molecular weight excluding hydrogens is 83.5 g/mol. The van der Waals surface area contributed by atoms with E-state index in [-0.39, 0.29) is 0 Å². The summed E-state index contributed by atoms with van der Waals surface area (Å²) in [5.74, 6) is 1.07. The molecule has 0 saturated heterocycles. The Bertz CT molecular complexity index is 17.6. The van der Waals surface area contributed by atoms with Gasteiger partial charge >= 0.3 is 0 Å². The molecule has 1 radical (unpaired) electrons. The fraction of sp³-hybridized carbons (Fsp3) is 0.750. The predicted octanol–water partition coefficient (Wildman–Crippen LogP) is 1.70. The Kier molecular flexibility index (Phi) is 2.67. The van der Waals surface area contributed by atoms with Crippen molar-refractivity contribution in [2.45, 2.75) is 6.92 Å². The van der Waals surface area contributed by atoms with Crippen LogP contribution in [0.25, 0.3) is 0 Å². The molecule has 0 amide bonds. The SMILES string of the molecule is [CH2]C(C)CCl. The summed E-state index contributed by atoms with van der Waals surface area (Å²) in [4.78, 5) is 0. The van der Waals surface area contributed by atoms with Gasteiger partial charge in [0.2, 0.25) is 0 Å². The molecule has 0 bridgehead atoms. The van der Waals surface area contributed by atoms with E-state index in [4.69, 9.17) is 11.6 Å². The molecule has 0 heterocycles.